The van der Waals surface area contributed by atoms with Crippen molar-refractivity contribution in [3.63, 3.8) is 0 Å². The van der Waals surface area contributed by atoms with Gasteiger partial charge in [-0.05, 0) is 58.4 Å². The van der Waals surface area contributed by atoms with Gasteiger partial charge in [0, 0.05) is 42.5 Å². The van der Waals surface area contributed by atoms with Crippen molar-refractivity contribution in [3.05, 3.63) is 35.5 Å². The Balaban J connectivity index is 1.77. The van der Waals surface area contributed by atoms with E-state index < -0.39 is 0 Å². The lowest BCUT2D eigenvalue weighted by molar-refractivity contribution is 0.0980. The summed E-state index contributed by atoms with van der Waals surface area (Å²) in [6, 6.07) is 10.2. The van der Waals surface area contributed by atoms with Gasteiger partial charge in [-0.25, -0.2) is 14.8 Å². The van der Waals surface area contributed by atoms with Gasteiger partial charge in [0.1, 0.15) is 5.82 Å². The molecule has 0 radical (unpaired) electrons. The van der Waals surface area contributed by atoms with Gasteiger partial charge in [0.05, 0.1) is 43.5 Å². The summed E-state index contributed by atoms with van der Waals surface area (Å²) in [5, 5.41) is 15.2. The smallest absolute Gasteiger partial charge is 0.319 e. The van der Waals surface area contributed by atoms with Crippen LogP contribution in [0.25, 0.3) is 11.4 Å². The highest BCUT2D eigenvalue weighted by Gasteiger charge is 2.35. The number of nitrogens with one attached hydrogen (secondary N) is 2. The van der Waals surface area contributed by atoms with Gasteiger partial charge in [-0.15, -0.1) is 0 Å². The highest BCUT2D eigenvalue weighted by molar-refractivity contribution is 5.89. The molecule has 2 unspecified atom stereocenters. The number of amides is 2. The lowest BCUT2D eigenvalue weighted by Crippen LogP contribution is -2.46. The Morgan fingerprint density at radius 3 is 2.69 bits per heavy atom. The molecule has 4 rings (SSSR count). The average Bonchev–Trinajstić information content (AvgIpc) is 2.84. The molecule has 1 fully saturated rings. The van der Waals surface area contributed by atoms with Gasteiger partial charge >= 0.3 is 6.03 Å². The third-order valence-electron chi connectivity index (χ3n) is 6.68. The number of ether oxygens (including phenoxy) is 1. The Labute approximate surface area is 207 Å². The van der Waals surface area contributed by atoms with E-state index in [4.69, 9.17) is 14.7 Å². The quantitative estimate of drug-likeness (QED) is 0.653. The summed E-state index contributed by atoms with van der Waals surface area (Å²) in [6.07, 6.45) is 1.24. The number of hydrogen-bond donors (Lipinski definition) is 2. The number of nitriles is 1. The van der Waals surface area contributed by atoms with Crippen molar-refractivity contribution < 1.29 is 9.53 Å². The van der Waals surface area contributed by atoms with Crippen molar-refractivity contribution in [1.29, 1.82) is 5.26 Å². The SMILES string of the molecule is CCNC(=O)Nc1ccc(-c2nc3c(c(N4CCOCC4C)n2)CCN(C(C)C)C3CC#N)cc1. The van der Waals surface area contributed by atoms with Crippen LogP contribution in [0.1, 0.15) is 51.4 Å². The van der Waals surface area contributed by atoms with Gasteiger partial charge in [0.2, 0.25) is 0 Å². The van der Waals surface area contributed by atoms with Crippen LogP contribution in [0.5, 0.6) is 0 Å². The molecule has 3 heterocycles. The zero-order chi connectivity index (χ0) is 24.9. The number of nitrogens with zero attached hydrogens (tertiary/aromatic N) is 5. The summed E-state index contributed by atoms with van der Waals surface area (Å²) in [5.41, 5.74) is 3.67. The van der Waals surface area contributed by atoms with Crippen molar-refractivity contribution >= 4 is 17.5 Å². The maximum atomic E-state index is 11.9. The zero-order valence-electron chi connectivity index (χ0n) is 21.0. The minimum Gasteiger partial charge on any atom is -0.377 e. The predicted octanol–water partition coefficient (Wildman–Crippen LogP) is 3.73. The second kappa shape index (κ2) is 11.0. The Kier molecular flexibility index (Phi) is 7.83. The molecule has 9 heteroatoms. The van der Waals surface area contributed by atoms with Crippen molar-refractivity contribution in [2.45, 2.75) is 58.7 Å². The molecular weight excluding hydrogens is 442 g/mol. The summed E-state index contributed by atoms with van der Waals surface area (Å²) in [5.74, 6) is 1.59. The molecule has 1 saturated heterocycles. The first-order chi connectivity index (χ1) is 16.9. The van der Waals surface area contributed by atoms with Gasteiger partial charge < -0.3 is 20.3 Å². The highest BCUT2D eigenvalue weighted by Crippen LogP contribution is 2.38. The summed E-state index contributed by atoms with van der Waals surface area (Å²) in [6.45, 7) is 11.9. The van der Waals surface area contributed by atoms with E-state index in [1.54, 1.807) is 0 Å². The number of fused-ring (bicyclic) bond motifs is 1. The highest BCUT2D eigenvalue weighted by atomic mass is 16.5. The molecule has 2 amide bonds. The fourth-order valence-electron chi connectivity index (χ4n) is 4.92. The van der Waals surface area contributed by atoms with Crippen LogP contribution in [0.15, 0.2) is 24.3 Å². The summed E-state index contributed by atoms with van der Waals surface area (Å²) in [4.78, 5) is 26.7. The number of urea groups is 1. The Bertz CT molecular complexity index is 1080. The maximum absolute atomic E-state index is 11.9. The molecule has 35 heavy (non-hydrogen) atoms. The van der Waals surface area contributed by atoms with Crippen LogP contribution in [0, 0.1) is 11.3 Å². The predicted molar refractivity (Wildman–Crippen MR) is 136 cm³/mol. The standard InChI is InChI=1S/C26H35N7O2/c1-5-28-26(34)29-20-8-6-19(7-9-20)24-30-23-21(11-13-32(17(2)3)22(23)10-12-27)25(31-24)33-14-15-35-16-18(33)4/h6-9,17-18,22H,5,10-11,13-16H2,1-4H3,(H2,28,29,34). The van der Waals surface area contributed by atoms with Crippen molar-refractivity contribution in [1.82, 2.24) is 20.2 Å². The third kappa shape index (κ3) is 5.39. The topological polar surface area (TPSA) is 106 Å². The second-order valence-corrected chi connectivity index (χ2v) is 9.37. The number of anilines is 2. The molecular formula is C26H35N7O2. The second-order valence-electron chi connectivity index (χ2n) is 9.37. The number of rotatable bonds is 6. The Morgan fingerprint density at radius 1 is 1.26 bits per heavy atom. The van der Waals surface area contributed by atoms with E-state index in [9.17, 15) is 10.1 Å². The molecule has 1 aromatic heterocycles. The molecule has 9 nitrogen and oxygen atoms in total. The number of carbonyl (C=O) groups is 1. The number of morpholine rings is 1. The van der Waals surface area contributed by atoms with Crippen molar-refractivity contribution in [2.75, 3.05) is 43.1 Å². The number of carbonyl (C=O) groups excluding carboxylic acids is 1. The van der Waals surface area contributed by atoms with Gasteiger partial charge in [0.15, 0.2) is 5.82 Å². The van der Waals surface area contributed by atoms with Crippen LogP contribution >= 0.6 is 0 Å². The molecule has 186 valence electrons. The Morgan fingerprint density at radius 2 is 2.03 bits per heavy atom. The molecule has 1 aromatic carbocycles. The normalized spacial score (nSPS) is 20.3. The molecule has 0 aliphatic carbocycles. The average molecular weight is 478 g/mol. The molecule has 0 saturated carbocycles. The minimum absolute atomic E-state index is 0.0701. The van der Waals surface area contributed by atoms with E-state index in [0.717, 1.165) is 42.1 Å². The van der Waals surface area contributed by atoms with Crippen LogP contribution in [0.3, 0.4) is 0 Å². The molecule has 2 atom stereocenters. The van der Waals surface area contributed by atoms with E-state index in [0.29, 0.717) is 43.7 Å². The van der Waals surface area contributed by atoms with Gasteiger partial charge in [0.25, 0.3) is 0 Å². The molecule has 2 N–H and O–H groups in total. The van der Waals surface area contributed by atoms with E-state index >= 15 is 0 Å². The first kappa shape index (κ1) is 24.9. The number of aromatic nitrogens is 2. The lowest BCUT2D eigenvalue weighted by Gasteiger charge is -2.41. The van der Waals surface area contributed by atoms with E-state index in [1.807, 2.05) is 31.2 Å². The molecule has 2 aliphatic heterocycles. The first-order valence-electron chi connectivity index (χ1n) is 12.5. The molecule has 0 spiro atoms. The van der Waals surface area contributed by atoms with Crippen LogP contribution in [-0.4, -0.2) is 65.8 Å². The van der Waals surface area contributed by atoms with Crippen LogP contribution in [-0.2, 0) is 11.2 Å². The summed E-state index contributed by atoms with van der Waals surface area (Å²) < 4.78 is 5.69. The van der Waals surface area contributed by atoms with Crippen LogP contribution in [0.2, 0.25) is 0 Å². The monoisotopic (exact) mass is 477 g/mol. The molecule has 2 aromatic rings. The Hall–Kier alpha value is -3.22. The first-order valence-corrected chi connectivity index (χ1v) is 12.5. The van der Waals surface area contributed by atoms with Gasteiger partial charge in [-0.1, -0.05) is 0 Å². The van der Waals surface area contributed by atoms with Gasteiger partial charge in [-0.2, -0.15) is 5.26 Å². The van der Waals surface area contributed by atoms with E-state index in [2.05, 4.69) is 47.3 Å². The molecule has 0 bridgehead atoms. The molecule has 2 aliphatic rings. The number of benzene rings is 1. The van der Waals surface area contributed by atoms with Gasteiger partial charge in [-0.3, -0.25) is 4.90 Å². The third-order valence-corrected chi connectivity index (χ3v) is 6.68. The van der Waals surface area contributed by atoms with E-state index in [-0.39, 0.29) is 18.1 Å². The summed E-state index contributed by atoms with van der Waals surface area (Å²) in [7, 11) is 0. The maximum Gasteiger partial charge on any atom is 0.319 e. The number of hydrogen-bond acceptors (Lipinski definition) is 7. The largest absolute Gasteiger partial charge is 0.377 e. The fraction of sp³-hybridized carbons (Fsp3) is 0.538. The minimum atomic E-state index is -0.234. The van der Waals surface area contributed by atoms with Crippen molar-refractivity contribution in [3.8, 4) is 17.5 Å². The van der Waals surface area contributed by atoms with Crippen LogP contribution < -0.4 is 15.5 Å². The fourth-order valence-corrected chi connectivity index (χ4v) is 4.92. The van der Waals surface area contributed by atoms with Crippen molar-refractivity contribution in [2.24, 2.45) is 0 Å². The zero-order valence-corrected chi connectivity index (χ0v) is 21.0. The van der Waals surface area contributed by atoms with Crippen LogP contribution in [0.4, 0.5) is 16.3 Å². The summed E-state index contributed by atoms with van der Waals surface area (Å²) >= 11 is 0. The lowest BCUT2D eigenvalue weighted by atomic mass is 9.93. The van der Waals surface area contributed by atoms with E-state index in [1.165, 1.54) is 0 Å².